The maximum atomic E-state index is 12.3. The van der Waals surface area contributed by atoms with Crippen molar-refractivity contribution in [2.45, 2.75) is 26.3 Å². The molecular formula is C20H23N5O2. The Bertz CT molecular complexity index is 827. The fraction of sp³-hybridized carbons (Fsp3) is 0.300. The molecule has 0 aliphatic heterocycles. The molecule has 0 fully saturated rings. The Morgan fingerprint density at radius 2 is 1.93 bits per heavy atom. The van der Waals surface area contributed by atoms with Crippen LogP contribution in [0, 0.1) is 18.3 Å². The molecule has 1 aromatic carbocycles. The van der Waals surface area contributed by atoms with Gasteiger partial charge in [-0.25, -0.2) is 4.98 Å². The molecule has 1 heterocycles. The number of nitriles is 1. The van der Waals surface area contributed by atoms with Gasteiger partial charge in [0.1, 0.15) is 11.9 Å². The zero-order valence-electron chi connectivity index (χ0n) is 15.5. The highest BCUT2D eigenvalue weighted by atomic mass is 16.2. The van der Waals surface area contributed by atoms with E-state index in [-0.39, 0.29) is 24.3 Å². The Morgan fingerprint density at radius 1 is 1.19 bits per heavy atom. The topological polar surface area (TPSA) is 107 Å². The summed E-state index contributed by atoms with van der Waals surface area (Å²) < 4.78 is 0. The van der Waals surface area contributed by atoms with Crippen molar-refractivity contribution in [1.29, 1.82) is 5.26 Å². The molecule has 7 heteroatoms. The summed E-state index contributed by atoms with van der Waals surface area (Å²) in [4.78, 5) is 27.8. The van der Waals surface area contributed by atoms with E-state index >= 15 is 0 Å². The SMILES string of the molecule is CC(=O)NC(CC(=O)NCCNc1ncccc1C#N)c1ccc(C)cc1. The van der Waals surface area contributed by atoms with E-state index in [0.717, 1.165) is 11.1 Å². The van der Waals surface area contributed by atoms with Gasteiger partial charge in [-0.15, -0.1) is 0 Å². The Balaban J connectivity index is 1.85. The van der Waals surface area contributed by atoms with Gasteiger partial charge in [0.25, 0.3) is 0 Å². The molecule has 2 rings (SSSR count). The van der Waals surface area contributed by atoms with Crippen LogP contribution in [-0.2, 0) is 9.59 Å². The molecule has 1 unspecified atom stereocenters. The number of nitrogens with one attached hydrogen (secondary N) is 3. The Morgan fingerprint density at radius 3 is 2.59 bits per heavy atom. The van der Waals surface area contributed by atoms with Gasteiger partial charge in [0.2, 0.25) is 11.8 Å². The van der Waals surface area contributed by atoms with Crippen molar-refractivity contribution in [3.05, 3.63) is 59.3 Å². The maximum Gasteiger partial charge on any atom is 0.222 e. The standard InChI is InChI=1S/C20H23N5O2/c1-14-5-7-16(8-6-14)18(25-15(2)26)12-19(27)22-10-11-24-20-17(13-21)4-3-9-23-20/h3-9,18H,10-12H2,1-2H3,(H,22,27)(H,23,24)(H,25,26). The van der Waals surface area contributed by atoms with E-state index < -0.39 is 0 Å². The number of anilines is 1. The van der Waals surface area contributed by atoms with Gasteiger partial charge < -0.3 is 16.0 Å². The van der Waals surface area contributed by atoms with Crippen molar-refractivity contribution in [2.75, 3.05) is 18.4 Å². The fourth-order valence-corrected chi connectivity index (χ4v) is 2.57. The lowest BCUT2D eigenvalue weighted by Gasteiger charge is -2.18. The number of hydrogen-bond acceptors (Lipinski definition) is 5. The van der Waals surface area contributed by atoms with Crippen molar-refractivity contribution in [1.82, 2.24) is 15.6 Å². The Hall–Kier alpha value is -3.40. The summed E-state index contributed by atoms with van der Waals surface area (Å²) in [6.45, 7) is 4.23. The van der Waals surface area contributed by atoms with E-state index in [9.17, 15) is 9.59 Å². The summed E-state index contributed by atoms with van der Waals surface area (Å²) >= 11 is 0. The largest absolute Gasteiger partial charge is 0.367 e. The molecule has 2 aromatic rings. The molecule has 140 valence electrons. The second kappa shape index (κ2) is 9.92. The molecule has 0 aliphatic rings. The van der Waals surface area contributed by atoms with Crippen LogP contribution in [0.4, 0.5) is 5.82 Å². The Labute approximate surface area is 158 Å². The van der Waals surface area contributed by atoms with Gasteiger partial charge in [0.15, 0.2) is 0 Å². The Kier molecular flexibility index (Phi) is 7.32. The average molecular weight is 365 g/mol. The predicted molar refractivity (Wildman–Crippen MR) is 103 cm³/mol. The van der Waals surface area contributed by atoms with E-state index in [1.54, 1.807) is 18.3 Å². The van der Waals surface area contributed by atoms with Crippen LogP contribution in [0.3, 0.4) is 0 Å². The molecule has 0 spiro atoms. The van der Waals surface area contributed by atoms with Crippen molar-refractivity contribution < 1.29 is 9.59 Å². The third-order valence-corrected chi connectivity index (χ3v) is 3.91. The van der Waals surface area contributed by atoms with Crippen molar-refractivity contribution in [2.24, 2.45) is 0 Å². The minimum absolute atomic E-state index is 0.148. The molecule has 0 radical (unpaired) electrons. The number of aromatic nitrogens is 1. The summed E-state index contributed by atoms with van der Waals surface area (Å²) in [6, 6.07) is 12.8. The first-order valence-corrected chi connectivity index (χ1v) is 8.69. The summed E-state index contributed by atoms with van der Waals surface area (Å²) in [7, 11) is 0. The summed E-state index contributed by atoms with van der Waals surface area (Å²) in [5.41, 5.74) is 2.45. The van der Waals surface area contributed by atoms with Crippen molar-refractivity contribution >= 4 is 17.6 Å². The first-order chi connectivity index (χ1) is 13.0. The average Bonchev–Trinajstić information content (AvgIpc) is 2.65. The molecule has 0 aliphatic carbocycles. The first-order valence-electron chi connectivity index (χ1n) is 8.69. The van der Waals surface area contributed by atoms with E-state index in [1.807, 2.05) is 31.2 Å². The van der Waals surface area contributed by atoms with Crippen LogP contribution < -0.4 is 16.0 Å². The summed E-state index contributed by atoms with van der Waals surface area (Å²) in [5, 5.41) is 17.7. The van der Waals surface area contributed by atoms with Crippen LogP contribution in [0.2, 0.25) is 0 Å². The number of carbonyl (C=O) groups is 2. The fourth-order valence-electron chi connectivity index (χ4n) is 2.57. The van der Waals surface area contributed by atoms with E-state index in [1.165, 1.54) is 6.92 Å². The number of carbonyl (C=O) groups excluding carboxylic acids is 2. The highest BCUT2D eigenvalue weighted by molar-refractivity contribution is 5.79. The third-order valence-electron chi connectivity index (χ3n) is 3.91. The van der Waals surface area contributed by atoms with Gasteiger partial charge in [0.05, 0.1) is 18.0 Å². The molecular weight excluding hydrogens is 342 g/mol. The highest BCUT2D eigenvalue weighted by Crippen LogP contribution is 2.17. The molecule has 0 saturated heterocycles. The number of amides is 2. The lowest BCUT2D eigenvalue weighted by atomic mass is 10.0. The normalized spacial score (nSPS) is 11.1. The van der Waals surface area contributed by atoms with Crippen LogP contribution in [-0.4, -0.2) is 29.9 Å². The van der Waals surface area contributed by atoms with Crippen LogP contribution in [0.15, 0.2) is 42.6 Å². The van der Waals surface area contributed by atoms with Gasteiger partial charge >= 0.3 is 0 Å². The number of hydrogen-bond donors (Lipinski definition) is 3. The maximum absolute atomic E-state index is 12.3. The number of benzene rings is 1. The molecule has 27 heavy (non-hydrogen) atoms. The smallest absolute Gasteiger partial charge is 0.222 e. The lowest BCUT2D eigenvalue weighted by Crippen LogP contribution is -2.34. The molecule has 3 N–H and O–H groups in total. The second-order valence-corrected chi connectivity index (χ2v) is 6.16. The highest BCUT2D eigenvalue weighted by Gasteiger charge is 2.16. The molecule has 2 amide bonds. The van der Waals surface area contributed by atoms with E-state index in [4.69, 9.17) is 5.26 Å². The van der Waals surface area contributed by atoms with Gasteiger partial charge in [-0.1, -0.05) is 29.8 Å². The van der Waals surface area contributed by atoms with Crippen LogP contribution in [0.5, 0.6) is 0 Å². The number of nitrogens with zero attached hydrogens (tertiary/aromatic N) is 2. The predicted octanol–water partition coefficient (Wildman–Crippen LogP) is 2.06. The number of pyridine rings is 1. The summed E-state index contributed by atoms with van der Waals surface area (Å²) in [6.07, 6.45) is 1.75. The zero-order chi connectivity index (χ0) is 19.6. The van der Waals surface area contributed by atoms with Gasteiger partial charge in [0, 0.05) is 26.2 Å². The van der Waals surface area contributed by atoms with Crippen molar-refractivity contribution in [3.63, 3.8) is 0 Å². The van der Waals surface area contributed by atoms with Crippen molar-refractivity contribution in [3.8, 4) is 6.07 Å². The van der Waals surface area contributed by atoms with Gasteiger partial charge in [-0.2, -0.15) is 5.26 Å². The molecule has 0 bridgehead atoms. The molecule has 7 nitrogen and oxygen atoms in total. The molecule has 1 aromatic heterocycles. The molecule has 0 saturated carbocycles. The monoisotopic (exact) mass is 365 g/mol. The lowest BCUT2D eigenvalue weighted by molar-refractivity contribution is -0.122. The quantitative estimate of drug-likeness (QED) is 0.621. The van der Waals surface area contributed by atoms with Crippen LogP contribution >= 0.6 is 0 Å². The first kappa shape index (κ1) is 19.9. The minimum atomic E-state index is -0.378. The number of rotatable bonds is 8. The molecule has 1 atom stereocenters. The zero-order valence-corrected chi connectivity index (χ0v) is 15.5. The van der Waals surface area contributed by atoms with E-state index in [2.05, 4.69) is 27.0 Å². The van der Waals surface area contributed by atoms with E-state index in [0.29, 0.717) is 24.5 Å². The third kappa shape index (κ3) is 6.44. The summed E-state index contributed by atoms with van der Waals surface area (Å²) in [5.74, 6) is 0.136. The van der Waals surface area contributed by atoms with Gasteiger partial charge in [-0.3, -0.25) is 9.59 Å². The van der Waals surface area contributed by atoms with Gasteiger partial charge in [-0.05, 0) is 24.6 Å². The second-order valence-electron chi connectivity index (χ2n) is 6.16. The van der Waals surface area contributed by atoms with Crippen LogP contribution in [0.25, 0.3) is 0 Å². The minimum Gasteiger partial charge on any atom is -0.367 e. The van der Waals surface area contributed by atoms with Crippen LogP contribution in [0.1, 0.15) is 36.1 Å². The number of aryl methyl sites for hydroxylation is 1.